The fraction of sp³-hybridized carbons (Fsp3) is 0.333. The Morgan fingerprint density at radius 2 is 1.94 bits per heavy atom. The molecule has 0 fully saturated rings. The van der Waals surface area contributed by atoms with Gasteiger partial charge in [-0.1, -0.05) is 37.6 Å². The minimum absolute atomic E-state index is 0.0484. The maximum absolute atomic E-state index is 6.49. The summed E-state index contributed by atoms with van der Waals surface area (Å²) < 4.78 is 1.13. The maximum Gasteiger partial charge on any atom is 0.0843 e. The van der Waals surface area contributed by atoms with Gasteiger partial charge in [0.25, 0.3) is 0 Å². The van der Waals surface area contributed by atoms with E-state index >= 15 is 0 Å². The molecule has 18 heavy (non-hydrogen) atoms. The molecule has 0 N–H and O–H groups in total. The van der Waals surface area contributed by atoms with Crippen LogP contribution in [-0.4, -0.2) is 0 Å². The predicted molar refractivity (Wildman–Crippen MR) is 84.8 cm³/mol. The Hall–Kier alpha value is -0.310. The zero-order chi connectivity index (χ0) is 13.0. The van der Waals surface area contributed by atoms with Gasteiger partial charge in [0.15, 0.2) is 0 Å². The molecule has 0 aliphatic heterocycles. The third kappa shape index (κ3) is 3.59. The van der Waals surface area contributed by atoms with Gasteiger partial charge in [-0.15, -0.1) is 22.9 Å². The molecule has 1 aromatic carbocycles. The van der Waals surface area contributed by atoms with Crippen molar-refractivity contribution in [3.05, 3.63) is 56.2 Å². The summed E-state index contributed by atoms with van der Waals surface area (Å²) in [6, 6.07) is 10.8. The normalized spacial score (nSPS) is 12.6. The lowest BCUT2D eigenvalue weighted by Gasteiger charge is -2.09. The number of hydrogen-bond acceptors (Lipinski definition) is 1. The number of alkyl halides is 1. The van der Waals surface area contributed by atoms with Crippen LogP contribution in [-0.2, 0) is 6.42 Å². The SMILES string of the molecule is CCCCc1ccc(C(Cl)c2csc(Br)c2)cc1. The Kier molecular flexibility index (Phi) is 5.28. The summed E-state index contributed by atoms with van der Waals surface area (Å²) in [6.45, 7) is 2.22. The van der Waals surface area contributed by atoms with Crippen LogP contribution in [0.15, 0.2) is 39.5 Å². The molecule has 0 amide bonds. The van der Waals surface area contributed by atoms with Gasteiger partial charge in [0, 0.05) is 0 Å². The largest absolute Gasteiger partial charge is 0.136 e. The van der Waals surface area contributed by atoms with Gasteiger partial charge in [-0.05, 0) is 56.9 Å². The first-order valence-corrected chi connectivity index (χ1v) is 8.28. The smallest absolute Gasteiger partial charge is 0.0843 e. The molecule has 96 valence electrons. The van der Waals surface area contributed by atoms with E-state index in [0.29, 0.717) is 0 Å². The van der Waals surface area contributed by atoms with Crippen molar-refractivity contribution in [3.8, 4) is 0 Å². The minimum Gasteiger partial charge on any atom is -0.136 e. The molecule has 0 radical (unpaired) electrons. The number of unbranched alkanes of at least 4 members (excludes halogenated alkanes) is 1. The summed E-state index contributed by atoms with van der Waals surface area (Å²) in [5.74, 6) is 0. The molecule has 1 atom stereocenters. The van der Waals surface area contributed by atoms with Crippen LogP contribution in [0.5, 0.6) is 0 Å². The zero-order valence-electron chi connectivity index (χ0n) is 10.3. The Morgan fingerprint density at radius 3 is 2.50 bits per heavy atom. The van der Waals surface area contributed by atoms with Gasteiger partial charge in [-0.2, -0.15) is 0 Å². The number of hydrogen-bond donors (Lipinski definition) is 0. The van der Waals surface area contributed by atoms with Crippen molar-refractivity contribution in [2.75, 3.05) is 0 Å². The average Bonchev–Trinajstić information content (AvgIpc) is 2.83. The standard InChI is InChI=1S/C15H16BrClS/c1-2-3-4-11-5-7-12(8-6-11)15(17)13-9-14(16)18-10-13/h5-10,15H,2-4H2,1H3. The molecule has 0 aliphatic carbocycles. The summed E-state index contributed by atoms with van der Waals surface area (Å²) >= 11 is 11.6. The molecule has 0 nitrogen and oxygen atoms in total. The molecule has 2 aromatic rings. The van der Waals surface area contributed by atoms with E-state index in [-0.39, 0.29) is 5.38 Å². The first kappa shape index (κ1) is 14.1. The van der Waals surface area contributed by atoms with Crippen molar-refractivity contribution in [2.24, 2.45) is 0 Å². The monoisotopic (exact) mass is 342 g/mol. The van der Waals surface area contributed by atoms with Crippen molar-refractivity contribution in [3.63, 3.8) is 0 Å². The predicted octanol–water partition coefficient (Wildman–Crippen LogP) is 6.18. The molecule has 0 saturated heterocycles. The summed E-state index contributed by atoms with van der Waals surface area (Å²) in [6.07, 6.45) is 3.65. The number of benzene rings is 1. The second-order valence-corrected chi connectivity index (χ2v) is 7.12. The Morgan fingerprint density at radius 1 is 1.22 bits per heavy atom. The van der Waals surface area contributed by atoms with Gasteiger partial charge in [-0.25, -0.2) is 0 Å². The van der Waals surface area contributed by atoms with Gasteiger partial charge in [0.05, 0.1) is 9.16 Å². The minimum atomic E-state index is -0.0484. The lowest BCUT2D eigenvalue weighted by atomic mass is 10.0. The van der Waals surface area contributed by atoms with Gasteiger partial charge >= 0.3 is 0 Å². The van der Waals surface area contributed by atoms with Crippen molar-refractivity contribution < 1.29 is 0 Å². The van der Waals surface area contributed by atoms with Gasteiger partial charge < -0.3 is 0 Å². The molecule has 3 heteroatoms. The van der Waals surface area contributed by atoms with Crippen LogP contribution in [0.4, 0.5) is 0 Å². The van der Waals surface area contributed by atoms with E-state index in [2.05, 4.69) is 58.6 Å². The zero-order valence-corrected chi connectivity index (χ0v) is 13.5. The molecule has 1 aromatic heterocycles. The van der Waals surface area contributed by atoms with Crippen LogP contribution >= 0.6 is 38.9 Å². The third-order valence-corrected chi connectivity index (χ3v) is 5.00. The highest BCUT2D eigenvalue weighted by Gasteiger charge is 2.12. The second-order valence-electron chi connectivity index (χ2n) is 4.39. The molecule has 2 rings (SSSR count). The summed E-state index contributed by atoms with van der Waals surface area (Å²) in [7, 11) is 0. The van der Waals surface area contributed by atoms with Gasteiger partial charge in [0.2, 0.25) is 0 Å². The fourth-order valence-corrected chi connectivity index (χ4v) is 3.43. The number of halogens is 2. The molecular formula is C15H16BrClS. The van der Waals surface area contributed by atoms with Crippen LogP contribution in [0.25, 0.3) is 0 Å². The average molecular weight is 344 g/mol. The van der Waals surface area contributed by atoms with Crippen LogP contribution in [0, 0.1) is 0 Å². The maximum atomic E-state index is 6.49. The van der Waals surface area contributed by atoms with Crippen molar-refractivity contribution in [1.82, 2.24) is 0 Å². The molecule has 0 saturated carbocycles. The summed E-state index contributed by atoms with van der Waals surface area (Å²) in [5.41, 5.74) is 3.73. The first-order chi connectivity index (χ1) is 8.70. The molecule has 0 bridgehead atoms. The molecular weight excluding hydrogens is 328 g/mol. The molecule has 1 unspecified atom stereocenters. The van der Waals surface area contributed by atoms with E-state index in [1.54, 1.807) is 11.3 Å². The molecule has 1 heterocycles. The van der Waals surface area contributed by atoms with Crippen molar-refractivity contribution in [1.29, 1.82) is 0 Å². The quantitative estimate of drug-likeness (QED) is 0.568. The van der Waals surface area contributed by atoms with Crippen LogP contribution < -0.4 is 0 Å². The summed E-state index contributed by atoms with van der Waals surface area (Å²) in [4.78, 5) is 0. The van der Waals surface area contributed by atoms with E-state index in [0.717, 1.165) is 15.8 Å². The van der Waals surface area contributed by atoms with Crippen LogP contribution in [0.3, 0.4) is 0 Å². The second kappa shape index (κ2) is 6.74. The summed E-state index contributed by atoms with van der Waals surface area (Å²) in [5, 5.41) is 2.06. The lowest BCUT2D eigenvalue weighted by Crippen LogP contribution is -1.92. The Bertz CT molecular complexity index is 489. The van der Waals surface area contributed by atoms with E-state index in [1.807, 2.05) is 0 Å². The van der Waals surface area contributed by atoms with E-state index in [1.165, 1.54) is 24.0 Å². The highest BCUT2D eigenvalue weighted by atomic mass is 79.9. The third-order valence-electron chi connectivity index (χ3n) is 2.97. The van der Waals surface area contributed by atoms with E-state index in [4.69, 9.17) is 11.6 Å². The Balaban J connectivity index is 2.09. The number of aryl methyl sites for hydroxylation is 1. The molecule has 0 aliphatic rings. The lowest BCUT2D eigenvalue weighted by molar-refractivity contribution is 0.794. The van der Waals surface area contributed by atoms with Crippen LogP contribution in [0.2, 0.25) is 0 Å². The van der Waals surface area contributed by atoms with Gasteiger partial charge in [-0.3, -0.25) is 0 Å². The van der Waals surface area contributed by atoms with Crippen molar-refractivity contribution in [2.45, 2.75) is 31.6 Å². The molecule has 0 spiro atoms. The van der Waals surface area contributed by atoms with Gasteiger partial charge in [0.1, 0.15) is 0 Å². The van der Waals surface area contributed by atoms with Crippen LogP contribution in [0.1, 0.15) is 41.8 Å². The number of rotatable bonds is 5. The van der Waals surface area contributed by atoms with Crippen molar-refractivity contribution >= 4 is 38.9 Å². The van der Waals surface area contributed by atoms with E-state index in [9.17, 15) is 0 Å². The Labute approximate surface area is 126 Å². The topological polar surface area (TPSA) is 0 Å². The highest BCUT2D eigenvalue weighted by Crippen LogP contribution is 2.33. The van der Waals surface area contributed by atoms with E-state index < -0.39 is 0 Å². The number of thiophene rings is 1. The first-order valence-electron chi connectivity index (χ1n) is 6.17. The fourth-order valence-electron chi connectivity index (χ4n) is 1.88. The highest BCUT2D eigenvalue weighted by molar-refractivity contribution is 9.11.